The zero-order chi connectivity index (χ0) is 24.1. The summed E-state index contributed by atoms with van der Waals surface area (Å²) >= 11 is -3.30. The van der Waals surface area contributed by atoms with Crippen LogP contribution < -0.4 is 15.2 Å². The van der Waals surface area contributed by atoms with E-state index in [4.69, 9.17) is 8.92 Å². The van der Waals surface area contributed by atoms with Crippen LogP contribution in [0.3, 0.4) is 0 Å². The Kier molecular flexibility index (Phi) is 6.98. The summed E-state index contributed by atoms with van der Waals surface area (Å²) in [6.07, 6.45) is 3.34. The number of nitrogens with one attached hydrogen (secondary N) is 1. The maximum absolute atomic E-state index is 11.7. The van der Waals surface area contributed by atoms with Crippen LogP contribution in [0.2, 0.25) is 0 Å². The van der Waals surface area contributed by atoms with Gasteiger partial charge in [-0.2, -0.15) is 0 Å². The molecule has 0 unspecified atom stereocenters. The summed E-state index contributed by atoms with van der Waals surface area (Å²) in [5.41, 5.74) is 1.57. The molecule has 2 heterocycles. The first-order valence-corrected chi connectivity index (χ1v) is 19.3. The number of H-pyrrole nitrogens is 1. The Bertz CT molecular complexity index is 1520. The zero-order valence-electron chi connectivity index (χ0n) is 19.0. The first kappa shape index (κ1) is 23.3. The predicted octanol–water partition coefficient (Wildman–Crippen LogP) is 5.13. The molecule has 0 aliphatic carbocycles. The molecule has 6 aromatic rings. The second-order valence-corrected chi connectivity index (χ2v) is 20.7. The molecule has 170 valence electrons. The third-order valence-electron chi connectivity index (χ3n) is 6.07. The van der Waals surface area contributed by atoms with E-state index in [9.17, 15) is 4.91 Å². The third-order valence-corrected chi connectivity index (χ3v) is 20.1. The Morgan fingerprint density at radius 2 is 1.06 bits per heavy atom. The van der Waals surface area contributed by atoms with Crippen LogP contribution in [0.15, 0.2) is 140 Å². The minimum atomic E-state index is -3.30. The Labute approximate surface area is 211 Å². The topological polar surface area (TPSA) is 38.8 Å². The van der Waals surface area contributed by atoms with Gasteiger partial charge in [0.05, 0.1) is 9.81 Å². The van der Waals surface area contributed by atoms with Crippen molar-refractivity contribution in [1.29, 1.82) is 0 Å². The number of benzene rings is 4. The van der Waals surface area contributed by atoms with E-state index in [1.165, 1.54) is 16.9 Å². The summed E-state index contributed by atoms with van der Waals surface area (Å²) in [5, 5.41) is 1.99. The molecule has 0 radical (unpaired) electrons. The van der Waals surface area contributed by atoms with Gasteiger partial charge in [-0.1, -0.05) is 12.1 Å². The number of nitrogens with zero attached hydrogens (tertiary/aromatic N) is 1. The van der Waals surface area contributed by atoms with Crippen LogP contribution in [-0.2, 0) is 0 Å². The molecule has 2 aromatic heterocycles. The van der Waals surface area contributed by atoms with Crippen LogP contribution in [0.4, 0.5) is 0 Å². The Morgan fingerprint density at radius 3 is 1.60 bits per heavy atom. The second kappa shape index (κ2) is 10.5. The molecule has 0 saturated heterocycles. The minimum absolute atomic E-state index is 0.690. The van der Waals surface area contributed by atoms with E-state index >= 15 is 0 Å². The summed E-state index contributed by atoms with van der Waals surface area (Å²) in [5.74, 6) is 0. The summed E-state index contributed by atoms with van der Waals surface area (Å²) in [6.45, 7) is 0. The van der Waals surface area contributed by atoms with Crippen molar-refractivity contribution in [3.8, 4) is 0 Å². The molecule has 0 aliphatic rings. The van der Waals surface area contributed by atoms with E-state index in [1.54, 1.807) is 6.07 Å². The first-order chi connectivity index (χ1) is 17.2. The van der Waals surface area contributed by atoms with Crippen molar-refractivity contribution >= 4 is 58.7 Å². The van der Waals surface area contributed by atoms with E-state index in [0.717, 1.165) is 20.7 Å². The van der Waals surface area contributed by atoms with Crippen molar-refractivity contribution in [2.24, 2.45) is 0 Å². The van der Waals surface area contributed by atoms with Gasteiger partial charge < -0.3 is 4.98 Å². The molecule has 0 amide bonds. The van der Waals surface area contributed by atoms with E-state index in [1.807, 2.05) is 54.7 Å². The molecule has 0 atom stereocenters. The summed E-state index contributed by atoms with van der Waals surface area (Å²) in [4.78, 5) is 14.8. The van der Waals surface area contributed by atoms with Crippen LogP contribution in [0.1, 0.15) is 0 Å². The van der Waals surface area contributed by atoms with Gasteiger partial charge in [0.25, 0.3) is 5.52 Å². The van der Waals surface area contributed by atoms with Crippen molar-refractivity contribution in [2.45, 2.75) is 0 Å². The first-order valence-electron chi connectivity index (χ1n) is 11.4. The zero-order valence-corrected chi connectivity index (χ0v) is 22.6. The van der Waals surface area contributed by atoms with E-state index < -0.39 is 17.3 Å². The predicted molar refractivity (Wildman–Crippen MR) is 149 cm³/mol. The van der Waals surface area contributed by atoms with Gasteiger partial charge >= 0.3 is 128 Å². The molecule has 0 bridgehead atoms. The number of fused-ring (bicyclic) bond motifs is 3. The third kappa shape index (κ3) is 4.74. The second-order valence-electron chi connectivity index (χ2n) is 8.23. The Morgan fingerprint density at radius 1 is 0.571 bits per heavy atom. The van der Waals surface area contributed by atoms with E-state index in [2.05, 4.69) is 77.8 Å². The van der Waals surface area contributed by atoms with Crippen LogP contribution >= 0.6 is 8.92 Å². The number of aromatic nitrogens is 2. The normalized spacial score (nSPS) is 11.1. The van der Waals surface area contributed by atoms with Crippen molar-refractivity contribution in [2.75, 3.05) is 0 Å². The van der Waals surface area contributed by atoms with Crippen LogP contribution in [0.25, 0.3) is 21.8 Å². The summed E-state index contributed by atoms with van der Waals surface area (Å²) < 4.78 is 4.77. The Balaban J connectivity index is 0.000000151. The van der Waals surface area contributed by atoms with Gasteiger partial charge in [0.2, 0.25) is 6.20 Å². The number of hydrogen-bond donors (Lipinski definition) is 1. The van der Waals surface area contributed by atoms with Crippen LogP contribution in [0, 0.1) is 4.91 Å². The molecule has 6 rings (SSSR count). The molecule has 4 aromatic carbocycles. The average molecular weight is 583 g/mol. The molecule has 0 saturated carbocycles. The van der Waals surface area contributed by atoms with Gasteiger partial charge in [0.15, 0.2) is 0 Å². The van der Waals surface area contributed by atoms with Gasteiger partial charge in [-0.15, -0.1) is 0 Å². The fourth-order valence-electron chi connectivity index (χ4n) is 4.37. The molecule has 35 heavy (non-hydrogen) atoms. The van der Waals surface area contributed by atoms with Crippen molar-refractivity contribution in [3.63, 3.8) is 0 Å². The SMILES string of the molecule is O=[n+]1cccc2ccc3ccc[nH]c3c21.[Cl][Sn]([c]1ccccc1)([c]1ccccc1)[c]1ccccc1. The van der Waals surface area contributed by atoms with Gasteiger partial charge in [-0.3, -0.25) is 0 Å². The fraction of sp³-hybridized carbons (Fsp3) is 0. The quantitative estimate of drug-likeness (QED) is 0.176. The van der Waals surface area contributed by atoms with Crippen molar-refractivity contribution in [1.82, 2.24) is 4.98 Å². The molecule has 3 nitrogen and oxygen atoms in total. The van der Waals surface area contributed by atoms with Crippen LogP contribution in [-0.4, -0.2) is 22.2 Å². The van der Waals surface area contributed by atoms with Gasteiger partial charge in [-0.05, 0) is 18.2 Å². The molecular formula is C30H24ClN2OSn+. The molecule has 0 aliphatic heterocycles. The number of hydrogen-bond acceptors (Lipinski definition) is 1. The number of rotatable bonds is 3. The molecular weight excluding hydrogens is 559 g/mol. The Hall–Kier alpha value is -3.41. The van der Waals surface area contributed by atoms with E-state index in [0.29, 0.717) is 5.52 Å². The number of pyridine rings is 2. The summed E-state index contributed by atoms with van der Waals surface area (Å²) in [7, 11) is 7.33. The van der Waals surface area contributed by atoms with Gasteiger partial charge in [0.1, 0.15) is 5.52 Å². The van der Waals surface area contributed by atoms with Gasteiger partial charge in [-0.25, -0.2) is 0 Å². The fourth-order valence-corrected chi connectivity index (χ4v) is 15.3. The van der Waals surface area contributed by atoms with Crippen molar-refractivity contribution in [3.05, 3.63) is 145 Å². The molecule has 0 spiro atoms. The van der Waals surface area contributed by atoms with Crippen molar-refractivity contribution < 1.29 is 4.43 Å². The maximum atomic E-state index is 11.7. The monoisotopic (exact) mass is 583 g/mol. The van der Waals surface area contributed by atoms with E-state index in [-0.39, 0.29) is 0 Å². The van der Waals surface area contributed by atoms with Gasteiger partial charge in [0, 0.05) is 22.6 Å². The number of halogens is 1. The molecule has 0 fully saturated rings. The molecule has 1 N–H and O–H groups in total. The standard InChI is InChI=1S/C12H9N2O.3C6H5.ClH.Sn/c15-14-8-2-4-10-6-5-9-3-1-7-13-11(9)12(10)14;3*1-2-4-6-5-3-1;;/h1-8,13H;3*1-5H;1H;/q+1;;;;;+1/p-1. The molecule has 5 heteroatoms. The summed E-state index contributed by atoms with van der Waals surface area (Å²) in [6, 6.07) is 43.2. The average Bonchev–Trinajstić information content (AvgIpc) is 2.94. The number of aromatic amines is 1. The van der Waals surface area contributed by atoms with Crippen LogP contribution in [0.5, 0.6) is 0 Å².